The summed E-state index contributed by atoms with van der Waals surface area (Å²) >= 11 is 3.40. The zero-order valence-corrected chi connectivity index (χ0v) is 9.63. The highest BCUT2D eigenvalue weighted by Crippen LogP contribution is 2.21. The molecule has 1 aromatic rings. The second kappa shape index (κ2) is 4.20. The highest BCUT2D eigenvalue weighted by Gasteiger charge is 2.16. The van der Waals surface area contributed by atoms with Crippen molar-refractivity contribution in [1.29, 1.82) is 0 Å². The van der Waals surface area contributed by atoms with Crippen LogP contribution in [0.4, 0.5) is 0 Å². The number of nitrogens with two attached hydrogens (primary N) is 1. The molecule has 72 valence electrons. The maximum absolute atomic E-state index is 5.66. The number of aromatic nitrogens is 1. The smallest absolute Gasteiger partial charge is 0.0410 e. The second-order valence-corrected chi connectivity index (χ2v) is 4.97. The molecule has 0 spiro atoms. The van der Waals surface area contributed by atoms with Crippen LogP contribution in [0.1, 0.15) is 19.4 Å². The molecule has 0 aliphatic heterocycles. The average molecular weight is 243 g/mol. The maximum Gasteiger partial charge on any atom is 0.0410 e. The molecule has 0 saturated heterocycles. The Morgan fingerprint density at radius 2 is 2.15 bits per heavy atom. The van der Waals surface area contributed by atoms with E-state index in [0.29, 0.717) is 6.54 Å². The van der Waals surface area contributed by atoms with Crippen LogP contribution in [0, 0.1) is 5.41 Å². The number of hydrogen-bond donors (Lipinski definition) is 1. The molecule has 0 atom stereocenters. The van der Waals surface area contributed by atoms with Gasteiger partial charge in [0.05, 0.1) is 0 Å². The topological polar surface area (TPSA) is 38.9 Å². The van der Waals surface area contributed by atoms with Gasteiger partial charge in [-0.15, -0.1) is 0 Å². The van der Waals surface area contributed by atoms with Crippen LogP contribution in [-0.4, -0.2) is 11.5 Å². The quantitative estimate of drug-likeness (QED) is 0.885. The lowest BCUT2D eigenvalue weighted by atomic mass is 9.86. The molecule has 0 bridgehead atoms. The van der Waals surface area contributed by atoms with Crippen molar-refractivity contribution in [3.8, 4) is 0 Å². The van der Waals surface area contributed by atoms with E-state index in [1.165, 1.54) is 5.56 Å². The van der Waals surface area contributed by atoms with E-state index in [4.69, 9.17) is 5.73 Å². The molecule has 0 aliphatic rings. The van der Waals surface area contributed by atoms with E-state index in [1.807, 2.05) is 6.20 Å². The number of hydrogen-bond acceptors (Lipinski definition) is 2. The first kappa shape index (κ1) is 10.7. The van der Waals surface area contributed by atoms with Gasteiger partial charge >= 0.3 is 0 Å². The second-order valence-electron chi connectivity index (χ2n) is 4.06. The minimum atomic E-state index is 0.155. The van der Waals surface area contributed by atoms with Gasteiger partial charge in [0, 0.05) is 16.9 Å². The molecule has 0 amide bonds. The maximum atomic E-state index is 5.66. The first-order valence-electron chi connectivity index (χ1n) is 4.33. The Bertz CT molecular complexity index is 284. The Kier molecular flexibility index (Phi) is 3.45. The normalized spacial score (nSPS) is 11.7. The molecule has 2 nitrogen and oxygen atoms in total. The van der Waals surface area contributed by atoms with Crippen molar-refractivity contribution >= 4 is 15.9 Å². The van der Waals surface area contributed by atoms with Crippen molar-refractivity contribution in [3.63, 3.8) is 0 Å². The Morgan fingerprint density at radius 1 is 1.46 bits per heavy atom. The third-order valence-electron chi connectivity index (χ3n) is 2.00. The molecular weight excluding hydrogens is 228 g/mol. The highest BCUT2D eigenvalue weighted by atomic mass is 79.9. The molecule has 1 rings (SSSR count). The zero-order chi connectivity index (χ0) is 9.90. The van der Waals surface area contributed by atoms with E-state index in [-0.39, 0.29) is 5.41 Å². The fraction of sp³-hybridized carbons (Fsp3) is 0.500. The molecule has 2 N–H and O–H groups in total. The zero-order valence-electron chi connectivity index (χ0n) is 8.05. The number of halogens is 1. The van der Waals surface area contributed by atoms with Gasteiger partial charge < -0.3 is 5.73 Å². The molecule has 0 aromatic carbocycles. The molecule has 0 aliphatic carbocycles. The minimum Gasteiger partial charge on any atom is -0.330 e. The van der Waals surface area contributed by atoms with Crippen LogP contribution in [0.5, 0.6) is 0 Å². The van der Waals surface area contributed by atoms with Gasteiger partial charge in [0.25, 0.3) is 0 Å². The van der Waals surface area contributed by atoms with E-state index in [9.17, 15) is 0 Å². The van der Waals surface area contributed by atoms with Crippen molar-refractivity contribution in [3.05, 3.63) is 28.5 Å². The van der Waals surface area contributed by atoms with Gasteiger partial charge in [0.2, 0.25) is 0 Å². The van der Waals surface area contributed by atoms with Crippen LogP contribution in [0.15, 0.2) is 22.9 Å². The van der Waals surface area contributed by atoms with E-state index >= 15 is 0 Å². The van der Waals surface area contributed by atoms with Gasteiger partial charge in [0.1, 0.15) is 0 Å². The molecule has 1 heterocycles. The summed E-state index contributed by atoms with van der Waals surface area (Å²) in [5.74, 6) is 0. The fourth-order valence-corrected chi connectivity index (χ4v) is 1.59. The Hall–Kier alpha value is -0.410. The van der Waals surface area contributed by atoms with Crippen LogP contribution in [-0.2, 0) is 6.42 Å². The van der Waals surface area contributed by atoms with Crippen LogP contribution in [0.3, 0.4) is 0 Å². The molecule has 13 heavy (non-hydrogen) atoms. The molecule has 0 fully saturated rings. The van der Waals surface area contributed by atoms with E-state index in [0.717, 1.165) is 10.9 Å². The summed E-state index contributed by atoms with van der Waals surface area (Å²) in [5, 5.41) is 0. The highest BCUT2D eigenvalue weighted by molar-refractivity contribution is 9.10. The first-order valence-corrected chi connectivity index (χ1v) is 5.12. The first-order chi connectivity index (χ1) is 6.03. The summed E-state index contributed by atoms with van der Waals surface area (Å²) in [5.41, 5.74) is 7.04. The number of rotatable bonds is 3. The van der Waals surface area contributed by atoms with Crippen LogP contribution >= 0.6 is 15.9 Å². The van der Waals surface area contributed by atoms with Gasteiger partial charge in [-0.2, -0.15) is 0 Å². The molecule has 1 aromatic heterocycles. The van der Waals surface area contributed by atoms with Crippen molar-refractivity contribution in [2.75, 3.05) is 6.54 Å². The van der Waals surface area contributed by atoms with Gasteiger partial charge in [-0.25, -0.2) is 0 Å². The van der Waals surface area contributed by atoms with Crippen LogP contribution in [0.25, 0.3) is 0 Å². The van der Waals surface area contributed by atoms with Crippen molar-refractivity contribution in [2.45, 2.75) is 20.3 Å². The Labute approximate surface area is 87.7 Å². The van der Waals surface area contributed by atoms with Crippen molar-refractivity contribution in [2.24, 2.45) is 11.1 Å². The lowest BCUT2D eigenvalue weighted by molar-refractivity contribution is 0.376. The monoisotopic (exact) mass is 242 g/mol. The third-order valence-corrected chi connectivity index (χ3v) is 2.43. The summed E-state index contributed by atoms with van der Waals surface area (Å²) in [6, 6.07) is 2.09. The minimum absolute atomic E-state index is 0.155. The molecule has 0 unspecified atom stereocenters. The summed E-state index contributed by atoms with van der Waals surface area (Å²) in [6.45, 7) is 5.02. The molecule has 3 heteroatoms. The van der Waals surface area contributed by atoms with Crippen LogP contribution in [0.2, 0.25) is 0 Å². The van der Waals surface area contributed by atoms with Crippen molar-refractivity contribution < 1.29 is 0 Å². The summed E-state index contributed by atoms with van der Waals surface area (Å²) in [6.07, 6.45) is 4.65. The fourth-order valence-electron chi connectivity index (χ4n) is 1.18. The lowest BCUT2D eigenvalue weighted by Gasteiger charge is -2.21. The van der Waals surface area contributed by atoms with Gasteiger partial charge in [0.15, 0.2) is 0 Å². The third kappa shape index (κ3) is 3.44. The molecule has 0 radical (unpaired) electrons. The standard InChI is InChI=1S/C10H15BrN2/c1-10(2,7-12)4-8-3-9(11)6-13-5-8/h3,5-6H,4,7,12H2,1-2H3. The molecular formula is C10H15BrN2. The largest absolute Gasteiger partial charge is 0.330 e. The molecule has 0 saturated carbocycles. The summed E-state index contributed by atoms with van der Waals surface area (Å²) < 4.78 is 1.03. The van der Waals surface area contributed by atoms with E-state index < -0.39 is 0 Å². The lowest BCUT2D eigenvalue weighted by Crippen LogP contribution is -2.25. The Morgan fingerprint density at radius 3 is 2.69 bits per heavy atom. The summed E-state index contributed by atoms with van der Waals surface area (Å²) in [4.78, 5) is 4.11. The van der Waals surface area contributed by atoms with Gasteiger partial charge in [-0.05, 0) is 45.9 Å². The van der Waals surface area contributed by atoms with Gasteiger partial charge in [-0.1, -0.05) is 13.8 Å². The average Bonchev–Trinajstić information content (AvgIpc) is 2.03. The van der Waals surface area contributed by atoms with Crippen molar-refractivity contribution in [1.82, 2.24) is 4.98 Å². The van der Waals surface area contributed by atoms with E-state index in [2.05, 4.69) is 40.8 Å². The Balaban J connectivity index is 2.74. The number of nitrogens with zero attached hydrogens (tertiary/aromatic N) is 1. The predicted octanol–water partition coefficient (Wildman–Crippen LogP) is 2.37. The van der Waals surface area contributed by atoms with Gasteiger partial charge in [-0.3, -0.25) is 4.98 Å². The summed E-state index contributed by atoms with van der Waals surface area (Å²) in [7, 11) is 0. The predicted molar refractivity (Wildman–Crippen MR) is 58.5 cm³/mol. The SMILES string of the molecule is CC(C)(CN)Cc1cncc(Br)c1. The van der Waals surface area contributed by atoms with E-state index in [1.54, 1.807) is 6.20 Å². The number of pyridine rings is 1. The van der Waals surface area contributed by atoms with Crippen LogP contribution < -0.4 is 5.73 Å².